The van der Waals surface area contributed by atoms with Crippen LogP contribution in [0.3, 0.4) is 0 Å². The molecule has 2 atom stereocenters. The van der Waals surface area contributed by atoms with Crippen LogP contribution in [0.2, 0.25) is 0 Å². The molecule has 3 N–H and O–H groups in total. The molecule has 124 valence electrons. The number of rotatable bonds is 7. The minimum atomic E-state index is -0.943. The van der Waals surface area contributed by atoms with Gasteiger partial charge in [-0.25, -0.2) is 4.79 Å². The molecule has 0 aliphatic heterocycles. The predicted molar refractivity (Wildman–Crippen MR) is 89.3 cm³/mol. The van der Waals surface area contributed by atoms with Crippen LogP contribution in [0.15, 0.2) is 41.8 Å². The molecule has 6 heteroatoms. The Morgan fingerprint density at radius 2 is 2.04 bits per heavy atom. The largest absolute Gasteiger partial charge is 0.445 e. The highest BCUT2D eigenvalue weighted by molar-refractivity contribution is 7.10. The van der Waals surface area contributed by atoms with Crippen LogP contribution in [0.25, 0.3) is 0 Å². The fraction of sp³-hybridized carbons (Fsp3) is 0.353. The summed E-state index contributed by atoms with van der Waals surface area (Å²) in [5.41, 5.74) is 1.61. The quantitative estimate of drug-likeness (QED) is 0.727. The maximum atomic E-state index is 11.6. The zero-order valence-corrected chi connectivity index (χ0v) is 13.8. The Labute approximate surface area is 139 Å². The summed E-state index contributed by atoms with van der Waals surface area (Å²) < 4.78 is 5.07. The van der Waals surface area contributed by atoms with Crippen molar-refractivity contribution in [2.45, 2.75) is 32.2 Å². The lowest BCUT2D eigenvalue weighted by atomic mass is 10.1. The van der Waals surface area contributed by atoms with E-state index in [4.69, 9.17) is 4.74 Å². The lowest BCUT2D eigenvalue weighted by Gasteiger charge is -2.17. The predicted octanol–water partition coefficient (Wildman–Crippen LogP) is 2.77. The summed E-state index contributed by atoms with van der Waals surface area (Å²) in [4.78, 5) is 12.6. The standard InChI is InChI=1S/C17H21NO4S/c1-12-9-14(11-23-12)16(20)15(19)7-8-18-17(21)22-10-13-5-3-2-4-6-13/h2-6,9,11,15-16,19-20H,7-8,10H2,1H3,(H,18,21). The van der Waals surface area contributed by atoms with Crippen LogP contribution >= 0.6 is 11.3 Å². The Morgan fingerprint density at radius 3 is 2.70 bits per heavy atom. The highest BCUT2D eigenvalue weighted by Gasteiger charge is 2.19. The second-order valence-corrected chi connectivity index (χ2v) is 6.40. The van der Waals surface area contributed by atoms with Gasteiger partial charge in [-0.2, -0.15) is 0 Å². The maximum absolute atomic E-state index is 11.6. The number of hydrogen-bond acceptors (Lipinski definition) is 5. The fourth-order valence-electron chi connectivity index (χ4n) is 2.10. The minimum absolute atomic E-state index is 0.200. The lowest BCUT2D eigenvalue weighted by molar-refractivity contribution is 0.0138. The van der Waals surface area contributed by atoms with Gasteiger partial charge in [0, 0.05) is 11.4 Å². The Morgan fingerprint density at radius 1 is 1.30 bits per heavy atom. The molecule has 1 amide bonds. The van der Waals surface area contributed by atoms with Gasteiger partial charge in [0.1, 0.15) is 12.7 Å². The Balaban J connectivity index is 1.66. The summed E-state index contributed by atoms with van der Waals surface area (Å²) in [5.74, 6) is 0. The van der Waals surface area contributed by atoms with E-state index >= 15 is 0 Å². The molecule has 0 aliphatic rings. The number of aliphatic hydroxyl groups is 2. The van der Waals surface area contributed by atoms with Crippen molar-refractivity contribution in [1.29, 1.82) is 0 Å². The van der Waals surface area contributed by atoms with Gasteiger partial charge < -0.3 is 20.3 Å². The van der Waals surface area contributed by atoms with E-state index in [1.165, 1.54) is 11.3 Å². The van der Waals surface area contributed by atoms with Crippen molar-refractivity contribution in [3.63, 3.8) is 0 Å². The summed E-state index contributed by atoms with van der Waals surface area (Å²) in [5, 5.41) is 24.4. The molecule has 23 heavy (non-hydrogen) atoms. The number of thiophene rings is 1. The van der Waals surface area contributed by atoms with E-state index in [1.807, 2.05) is 48.7 Å². The fourth-order valence-corrected chi connectivity index (χ4v) is 2.83. The van der Waals surface area contributed by atoms with Gasteiger partial charge in [-0.15, -0.1) is 11.3 Å². The Hall–Kier alpha value is -1.89. The van der Waals surface area contributed by atoms with Crippen molar-refractivity contribution < 1.29 is 19.7 Å². The van der Waals surface area contributed by atoms with Gasteiger partial charge in [-0.05, 0) is 35.9 Å². The first-order chi connectivity index (χ1) is 11.1. The van der Waals surface area contributed by atoms with Gasteiger partial charge in [0.2, 0.25) is 0 Å². The highest BCUT2D eigenvalue weighted by Crippen LogP contribution is 2.23. The molecule has 5 nitrogen and oxygen atoms in total. The van der Waals surface area contributed by atoms with Crippen molar-refractivity contribution in [2.24, 2.45) is 0 Å². The second-order valence-electron chi connectivity index (χ2n) is 5.28. The molecule has 0 bridgehead atoms. The van der Waals surface area contributed by atoms with Crippen LogP contribution in [0.4, 0.5) is 4.79 Å². The van der Waals surface area contributed by atoms with Crippen LogP contribution in [0.1, 0.15) is 28.5 Å². The second kappa shape index (κ2) is 8.67. The number of carbonyl (C=O) groups excluding carboxylic acids is 1. The molecule has 0 saturated carbocycles. The van der Waals surface area contributed by atoms with Crippen molar-refractivity contribution in [3.05, 3.63) is 57.8 Å². The molecule has 2 aromatic rings. The number of carbonyl (C=O) groups is 1. The van der Waals surface area contributed by atoms with E-state index < -0.39 is 18.3 Å². The van der Waals surface area contributed by atoms with Crippen LogP contribution in [-0.4, -0.2) is 29.0 Å². The monoisotopic (exact) mass is 335 g/mol. The first-order valence-corrected chi connectivity index (χ1v) is 8.30. The van der Waals surface area contributed by atoms with Gasteiger partial charge in [0.05, 0.1) is 6.10 Å². The van der Waals surface area contributed by atoms with E-state index in [9.17, 15) is 15.0 Å². The smallest absolute Gasteiger partial charge is 0.407 e. The number of aliphatic hydroxyl groups excluding tert-OH is 2. The molecule has 1 aromatic heterocycles. The summed E-state index contributed by atoms with van der Waals surface area (Å²) in [6.45, 7) is 2.37. The number of aryl methyl sites for hydroxylation is 1. The molecule has 0 radical (unpaired) electrons. The van der Waals surface area contributed by atoms with E-state index in [0.29, 0.717) is 5.56 Å². The zero-order chi connectivity index (χ0) is 16.7. The SMILES string of the molecule is Cc1cc(C(O)C(O)CCNC(=O)OCc2ccccc2)cs1. The van der Waals surface area contributed by atoms with Crippen molar-refractivity contribution in [3.8, 4) is 0 Å². The zero-order valence-electron chi connectivity index (χ0n) is 12.9. The molecule has 0 saturated heterocycles. The van der Waals surface area contributed by atoms with E-state index in [2.05, 4.69) is 5.32 Å². The number of amides is 1. The molecule has 1 heterocycles. The van der Waals surface area contributed by atoms with Crippen molar-refractivity contribution >= 4 is 17.4 Å². The number of nitrogens with one attached hydrogen (secondary N) is 1. The third-order valence-electron chi connectivity index (χ3n) is 3.38. The molecule has 0 fully saturated rings. The van der Waals surface area contributed by atoms with Gasteiger partial charge in [0.15, 0.2) is 0 Å². The Kier molecular flexibility index (Phi) is 6.58. The molecular formula is C17H21NO4S. The lowest BCUT2D eigenvalue weighted by Crippen LogP contribution is -2.29. The third kappa shape index (κ3) is 5.67. The van der Waals surface area contributed by atoms with Crippen LogP contribution in [0, 0.1) is 6.92 Å². The average molecular weight is 335 g/mol. The topological polar surface area (TPSA) is 78.8 Å². The molecule has 0 spiro atoms. The summed E-state index contributed by atoms with van der Waals surface area (Å²) in [6, 6.07) is 11.2. The first-order valence-electron chi connectivity index (χ1n) is 7.42. The molecule has 0 aliphatic carbocycles. The first kappa shape index (κ1) is 17.5. The van der Waals surface area contributed by atoms with Gasteiger partial charge in [-0.1, -0.05) is 30.3 Å². The number of ether oxygens (including phenoxy) is 1. The summed E-state index contributed by atoms with van der Waals surface area (Å²) in [6.07, 6.45) is -2.17. The third-order valence-corrected chi connectivity index (χ3v) is 4.26. The van der Waals surface area contributed by atoms with E-state index in [-0.39, 0.29) is 19.6 Å². The van der Waals surface area contributed by atoms with Crippen LogP contribution in [0.5, 0.6) is 0 Å². The van der Waals surface area contributed by atoms with E-state index in [0.717, 1.165) is 10.4 Å². The van der Waals surface area contributed by atoms with Gasteiger partial charge >= 0.3 is 6.09 Å². The Bertz CT molecular complexity index is 614. The molecular weight excluding hydrogens is 314 g/mol. The van der Waals surface area contributed by atoms with E-state index in [1.54, 1.807) is 0 Å². The van der Waals surface area contributed by atoms with Crippen molar-refractivity contribution in [2.75, 3.05) is 6.54 Å². The van der Waals surface area contributed by atoms with Crippen LogP contribution in [-0.2, 0) is 11.3 Å². The molecule has 2 rings (SSSR count). The minimum Gasteiger partial charge on any atom is -0.445 e. The van der Waals surface area contributed by atoms with Gasteiger partial charge in [0.25, 0.3) is 0 Å². The molecule has 2 unspecified atom stereocenters. The number of benzene rings is 1. The van der Waals surface area contributed by atoms with Crippen molar-refractivity contribution in [1.82, 2.24) is 5.32 Å². The summed E-state index contributed by atoms with van der Waals surface area (Å²) >= 11 is 1.52. The van der Waals surface area contributed by atoms with Crippen LogP contribution < -0.4 is 5.32 Å². The maximum Gasteiger partial charge on any atom is 0.407 e. The number of hydrogen-bond donors (Lipinski definition) is 3. The summed E-state index contributed by atoms with van der Waals surface area (Å²) in [7, 11) is 0. The number of alkyl carbamates (subject to hydrolysis) is 1. The highest BCUT2D eigenvalue weighted by atomic mass is 32.1. The van der Waals surface area contributed by atoms with Gasteiger partial charge in [-0.3, -0.25) is 0 Å². The molecule has 1 aromatic carbocycles. The normalized spacial score (nSPS) is 13.3. The average Bonchev–Trinajstić information content (AvgIpc) is 2.99.